The number of hydrogen-bond acceptors (Lipinski definition) is 2. The molecule has 2 aromatic rings. The van der Waals surface area contributed by atoms with Crippen LogP contribution in [0, 0.1) is 5.82 Å². The molecule has 0 fully saturated rings. The van der Waals surface area contributed by atoms with Crippen molar-refractivity contribution in [3.63, 3.8) is 0 Å². The second-order valence-corrected chi connectivity index (χ2v) is 5.60. The van der Waals surface area contributed by atoms with Gasteiger partial charge in [0.25, 0.3) is 0 Å². The topological polar surface area (TPSA) is 21.3 Å². The first-order chi connectivity index (χ1) is 9.56. The molecule has 5 heteroatoms. The predicted molar refractivity (Wildman–Crippen MR) is 83.0 cm³/mol. The Labute approximate surface area is 131 Å². The minimum atomic E-state index is -0.328. The maximum absolute atomic E-state index is 14.0. The lowest BCUT2D eigenvalue weighted by Gasteiger charge is -2.20. The molecule has 0 saturated heterocycles. The van der Waals surface area contributed by atoms with Gasteiger partial charge in [-0.25, -0.2) is 4.39 Å². The molecular formula is C15H14BrClFNO. The Bertz CT molecular complexity index is 621. The Hall–Kier alpha value is -1.10. The summed E-state index contributed by atoms with van der Waals surface area (Å²) in [5, 5.41) is 3.63. The molecule has 2 nitrogen and oxygen atoms in total. The van der Waals surface area contributed by atoms with E-state index in [0.717, 1.165) is 10.0 Å². The van der Waals surface area contributed by atoms with Crippen molar-refractivity contribution in [3.8, 4) is 5.75 Å². The molecule has 0 radical (unpaired) electrons. The van der Waals surface area contributed by atoms with E-state index < -0.39 is 0 Å². The summed E-state index contributed by atoms with van der Waals surface area (Å²) < 4.78 is 20.0. The molecule has 1 atom stereocenters. The number of methoxy groups -OCH3 is 1. The monoisotopic (exact) mass is 357 g/mol. The van der Waals surface area contributed by atoms with Crippen molar-refractivity contribution in [3.05, 3.63) is 62.8 Å². The zero-order chi connectivity index (χ0) is 14.7. The highest BCUT2D eigenvalue weighted by molar-refractivity contribution is 9.10. The molecule has 0 aliphatic rings. The summed E-state index contributed by atoms with van der Waals surface area (Å²) in [7, 11) is 3.35. The third kappa shape index (κ3) is 3.14. The Kier molecular flexibility index (Phi) is 5.02. The van der Waals surface area contributed by atoms with Gasteiger partial charge in [0.2, 0.25) is 0 Å². The normalized spacial score (nSPS) is 12.2. The fraction of sp³-hybridized carbons (Fsp3) is 0.200. The maximum atomic E-state index is 14.0. The number of benzene rings is 2. The van der Waals surface area contributed by atoms with Crippen LogP contribution in [0.15, 0.2) is 40.9 Å². The van der Waals surface area contributed by atoms with E-state index in [2.05, 4.69) is 21.2 Å². The first-order valence-corrected chi connectivity index (χ1v) is 7.19. The first-order valence-electron chi connectivity index (χ1n) is 6.02. The fourth-order valence-corrected chi connectivity index (χ4v) is 2.74. The second-order valence-electron chi connectivity index (χ2n) is 4.27. The highest BCUT2D eigenvalue weighted by Gasteiger charge is 2.19. The molecule has 0 amide bonds. The van der Waals surface area contributed by atoms with Gasteiger partial charge in [-0.3, -0.25) is 0 Å². The summed E-state index contributed by atoms with van der Waals surface area (Å²) in [5.74, 6) is 0.391. The van der Waals surface area contributed by atoms with Crippen molar-refractivity contribution >= 4 is 27.5 Å². The number of hydrogen-bond donors (Lipinski definition) is 1. The van der Waals surface area contributed by atoms with Crippen LogP contribution in [0.2, 0.25) is 5.02 Å². The van der Waals surface area contributed by atoms with Crippen molar-refractivity contribution in [1.82, 2.24) is 5.32 Å². The summed E-state index contributed by atoms with van der Waals surface area (Å²) in [6.07, 6.45) is 0. The van der Waals surface area contributed by atoms with Crippen LogP contribution in [0.25, 0.3) is 0 Å². The molecule has 1 N–H and O–H groups in total. The van der Waals surface area contributed by atoms with E-state index in [-0.39, 0.29) is 11.9 Å². The van der Waals surface area contributed by atoms with Crippen LogP contribution in [-0.4, -0.2) is 14.2 Å². The van der Waals surface area contributed by atoms with E-state index >= 15 is 0 Å². The molecule has 0 spiro atoms. The zero-order valence-electron chi connectivity index (χ0n) is 11.1. The van der Waals surface area contributed by atoms with E-state index in [0.29, 0.717) is 16.3 Å². The van der Waals surface area contributed by atoms with Gasteiger partial charge in [-0.05, 0) is 42.9 Å². The summed E-state index contributed by atoms with van der Waals surface area (Å²) in [6, 6.07) is 9.88. The first kappa shape index (κ1) is 15.3. The molecule has 0 bridgehead atoms. The zero-order valence-corrected chi connectivity index (χ0v) is 13.4. The Morgan fingerprint density at radius 1 is 1.20 bits per heavy atom. The Morgan fingerprint density at radius 2 is 1.95 bits per heavy atom. The van der Waals surface area contributed by atoms with Gasteiger partial charge in [-0.1, -0.05) is 33.6 Å². The van der Waals surface area contributed by atoms with Crippen molar-refractivity contribution in [1.29, 1.82) is 0 Å². The van der Waals surface area contributed by atoms with Crippen LogP contribution in [-0.2, 0) is 0 Å². The molecule has 0 heterocycles. The molecule has 2 rings (SSSR count). The van der Waals surface area contributed by atoms with Crippen molar-refractivity contribution in [2.24, 2.45) is 0 Å². The predicted octanol–water partition coefficient (Wildman–Crippen LogP) is 4.56. The Morgan fingerprint density at radius 3 is 2.55 bits per heavy atom. The summed E-state index contributed by atoms with van der Waals surface area (Å²) >= 11 is 9.63. The van der Waals surface area contributed by atoms with Crippen LogP contribution < -0.4 is 10.1 Å². The van der Waals surface area contributed by atoms with Crippen LogP contribution >= 0.6 is 27.5 Å². The largest absolute Gasteiger partial charge is 0.497 e. The van der Waals surface area contributed by atoms with Gasteiger partial charge in [-0.2, -0.15) is 0 Å². The summed E-state index contributed by atoms with van der Waals surface area (Å²) in [5.41, 5.74) is 1.33. The van der Waals surface area contributed by atoms with E-state index in [4.69, 9.17) is 16.3 Å². The standard InChI is InChI=1S/C15H14BrClFNO/c1-19-15(12-7-9(16)3-6-14(12)18)11-5-4-10(20-2)8-13(11)17/h3-8,15,19H,1-2H3. The number of rotatable bonds is 4. The fourth-order valence-electron chi connectivity index (χ4n) is 2.08. The minimum Gasteiger partial charge on any atom is -0.497 e. The third-order valence-electron chi connectivity index (χ3n) is 3.08. The average Bonchev–Trinajstić information content (AvgIpc) is 2.44. The number of ether oxygens (including phenoxy) is 1. The van der Waals surface area contributed by atoms with Crippen molar-refractivity contribution in [2.45, 2.75) is 6.04 Å². The van der Waals surface area contributed by atoms with Crippen molar-refractivity contribution < 1.29 is 9.13 Å². The van der Waals surface area contributed by atoms with Gasteiger partial charge < -0.3 is 10.1 Å². The molecule has 1 unspecified atom stereocenters. The average molecular weight is 359 g/mol. The molecule has 106 valence electrons. The van der Waals surface area contributed by atoms with Crippen LogP contribution in [0.5, 0.6) is 5.75 Å². The molecular weight excluding hydrogens is 345 g/mol. The highest BCUT2D eigenvalue weighted by Crippen LogP contribution is 2.33. The van der Waals surface area contributed by atoms with Gasteiger partial charge in [0.15, 0.2) is 0 Å². The van der Waals surface area contributed by atoms with E-state index in [1.54, 1.807) is 38.4 Å². The van der Waals surface area contributed by atoms with E-state index in [9.17, 15) is 4.39 Å². The van der Waals surface area contributed by atoms with Crippen LogP contribution in [0.4, 0.5) is 4.39 Å². The lowest BCUT2D eigenvalue weighted by atomic mass is 9.98. The summed E-state index contributed by atoms with van der Waals surface area (Å²) in [4.78, 5) is 0. The Balaban J connectivity index is 2.49. The quantitative estimate of drug-likeness (QED) is 0.865. The van der Waals surface area contributed by atoms with E-state index in [1.807, 2.05) is 6.07 Å². The van der Waals surface area contributed by atoms with E-state index in [1.165, 1.54) is 6.07 Å². The third-order valence-corrected chi connectivity index (χ3v) is 3.90. The summed E-state index contributed by atoms with van der Waals surface area (Å²) in [6.45, 7) is 0. The highest BCUT2D eigenvalue weighted by atomic mass is 79.9. The van der Waals surface area contributed by atoms with Gasteiger partial charge in [-0.15, -0.1) is 0 Å². The number of nitrogens with one attached hydrogen (secondary N) is 1. The molecule has 2 aromatic carbocycles. The SMILES string of the molecule is CNC(c1cc(Br)ccc1F)c1ccc(OC)cc1Cl. The van der Waals surface area contributed by atoms with Crippen molar-refractivity contribution in [2.75, 3.05) is 14.2 Å². The lowest BCUT2D eigenvalue weighted by molar-refractivity contribution is 0.414. The van der Waals surface area contributed by atoms with Crippen LogP contribution in [0.1, 0.15) is 17.2 Å². The van der Waals surface area contributed by atoms with Gasteiger partial charge in [0, 0.05) is 15.1 Å². The second kappa shape index (κ2) is 6.57. The maximum Gasteiger partial charge on any atom is 0.128 e. The lowest BCUT2D eigenvalue weighted by Crippen LogP contribution is -2.19. The molecule has 20 heavy (non-hydrogen) atoms. The molecule has 0 aliphatic carbocycles. The van der Waals surface area contributed by atoms with Crippen LogP contribution in [0.3, 0.4) is 0 Å². The smallest absolute Gasteiger partial charge is 0.128 e. The molecule has 0 aliphatic heterocycles. The minimum absolute atomic E-state index is 0.278. The van der Waals surface area contributed by atoms with Gasteiger partial charge >= 0.3 is 0 Å². The number of halogens is 3. The van der Waals surface area contributed by atoms with Gasteiger partial charge in [0.05, 0.1) is 13.2 Å². The molecule has 0 aromatic heterocycles. The van der Waals surface area contributed by atoms with Gasteiger partial charge in [0.1, 0.15) is 11.6 Å². The molecule has 0 saturated carbocycles.